The predicted molar refractivity (Wildman–Crippen MR) is 79.9 cm³/mol. The van der Waals surface area contributed by atoms with Crippen molar-refractivity contribution in [1.29, 1.82) is 5.26 Å². The topological polar surface area (TPSA) is 57.4 Å². The van der Waals surface area contributed by atoms with Gasteiger partial charge < -0.3 is 4.74 Å². The fourth-order valence-corrected chi connectivity index (χ4v) is 2.13. The molecule has 0 aromatic heterocycles. The zero-order valence-electron chi connectivity index (χ0n) is 10.7. The highest BCUT2D eigenvalue weighted by Crippen LogP contribution is 2.31. The second-order valence-corrected chi connectivity index (χ2v) is 4.52. The molecule has 2 aromatic rings. The number of aliphatic imine (C=N–C) groups is 1. The molecule has 0 aliphatic rings. The van der Waals surface area contributed by atoms with Crippen molar-refractivity contribution in [3.05, 3.63) is 36.4 Å². The van der Waals surface area contributed by atoms with Crippen LogP contribution in [0.25, 0.3) is 10.8 Å². The van der Waals surface area contributed by atoms with Gasteiger partial charge in [-0.15, -0.1) is 0 Å². The molecule has 0 unspecified atom stereocenters. The maximum atomic E-state index is 8.64. The summed E-state index contributed by atoms with van der Waals surface area (Å²) in [5, 5.41) is 13.8. The molecule has 0 saturated heterocycles. The fraction of sp³-hybridized carbons (Fsp3) is 0.143. The number of ether oxygens (including phenoxy) is 1. The first-order chi connectivity index (χ1) is 9.28. The van der Waals surface area contributed by atoms with E-state index in [-0.39, 0.29) is 0 Å². The van der Waals surface area contributed by atoms with Crippen molar-refractivity contribution in [1.82, 2.24) is 5.32 Å². The van der Waals surface area contributed by atoms with Crippen molar-refractivity contribution in [3.63, 3.8) is 0 Å². The van der Waals surface area contributed by atoms with E-state index in [4.69, 9.17) is 10.00 Å². The molecule has 0 atom stereocenters. The van der Waals surface area contributed by atoms with Gasteiger partial charge in [-0.1, -0.05) is 36.0 Å². The number of hydrogen-bond acceptors (Lipinski definition) is 4. The third-order valence-corrected chi connectivity index (χ3v) is 3.20. The van der Waals surface area contributed by atoms with E-state index in [0.29, 0.717) is 5.17 Å². The van der Waals surface area contributed by atoms with Gasteiger partial charge in [-0.25, -0.2) is 4.99 Å². The maximum absolute atomic E-state index is 8.64. The minimum atomic E-state index is 0.555. The quantitative estimate of drug-likeness (QED) is 0.394. The second-order valence-electron chi connectivity index (χ2n) is 3.73. The normalized spacial score (nSPS) is 11.1. The number of rotatable bonds is 2. The van der Waals surface area contributed by atoms with Gasteiger partial charge in [0, 0.05) is 11.5 Å². The van der Waals surface area contributed by atoms with E-state index in [2.05, 4.69) is 10.3 Å². The third kappa shape index (κ3) is 2.98. The molecule has 5 heteroatoms. The minimum Gasteiger partial charge on any atom is -0.496 e. The van der Waals surface area contributed by atoms with Gasteiger partial charge in [0.15, 0.2) is 11.4 Å². The summed E-state index contributed by atoms with van der Waals surface area (Å²) in [6.07, 6.45) is 3.73. The SMILES string of the molecule is COc1cc(N=C(NC#N)SC)cc2ccccc12. The minimum absolute atomic E-state index is 0.555. The molecule has 2 aromatic carbocycles. The number of nitrogens with zero attached hydrogens (tertiary/aromatic N) is 2. The Bertz CT molecular complexity index is 661. The Hall–Kier alpha value is -2.19. The first-order valence-electron chi connectivity index (χ1n) is 5.63. The number of thioether (sulfide) groups is 1. The Labute approximate surface area is 116 Å². The van der Waals surface area contributed by atoms with E-state index < -0.39 is 0 Å². The van der Waals surface area contributed by atoms with Crippen molar-refractivity contribution >= 4 is 33.4 Å². The molecule has 2 rings (SSSR count). The van der Waals surface area contributed by atoms with Crippen LogP contribution in [0.5, 0.6) is 5.75 Å². The highest BCUT2D eigenvalue weighted by Gasteiger charge is 2.04. The van der Waals surface area contributed by atoms with Crippen molar-refractivity contribution in [2.24, 2.45) is 4.99 Å². The smallest absolute Gasteiger partial charge is 0.183 e. The van der Waals surface area contributed by atoms with E-state index in [9.17, 15) is 0 Å². The van der Waals surface area contributed by atoms with Gasteiger partial charge in [0.2, 0.25) is 0 Å². The Morgan fingerprint density at radius 1 is 1.37 bits per heavy atom. The Kier molecular flexibility index (Phi) is 4.26. The number of nitrogens with one attached hydrogen (secondary N) is 1. The molecule has 1 N–H and O–H groups in total. The highest BCUT2D eigenvalue weighted by molar-refractivity contribution is 8.13. The summed E-state index contributed by atoms with van der Waals surface area (Å²) in [7, 11) is 1.64. The number of methoxy groups -OCH3 is 1. The van der Waals surface area contributed by atoms with Crippen LogP contribution in [0, 0.1) is 11.5 Å². The van der Waals surface area contributed by atoms with Crippen LogP contribution in [0.1, 0.15) is 0 Å². The summed E-state index contributed by atoms with van der Waals surface area (Å²) in [6.45, 7) is 0. The van der Waals surface area contributed by atoms with Crippen LogP contribution in [-0.2, 0) is 0 Å². The van der Waals surface area contributed by atoms with Crippen LogP contribution < -0.4 is 10.1 Å². The van der Waals surface area contributed by atoms with Gasteiger partial charge in [0.05, 0.1) is 12.8 Å². The molecule has 0 heterocycles. The van der Waals surface area contributed by atoms with Crippen molar-refractivity contribution in [2.45, 2.75) is 0 Å². The van der Waals surface area contributed by atoms with Gasteiger partial charge in [-0.3, -0.25) is 5.32 Å². The Balaban J connectivity index is 2.53. The van der Waals surface area contributed by atoms with E-state index in [0.717, 1.165) is 22.2 Å². The van der Waals surface area contributed by atoms with Gasteiger partial charge in [-0.05, 0) is 17.7 Å². The summed E-state index contributed by atoms with van der Waals surface area (Å²) in [6, 6.07) is 11.8. The molecule has 0 spiro atoms. The average molecular weight is 271 g/mol. The molecule has 0 radical (unpaired) electrons. The zero-order valence-corrected chi connectivity index (χ0v) is 11.5. The van der Waals surface area contributed by atoms with Crippen LogP contribution in [-0.4, -0.2) is 18.5 Å². The van der Waals surface area contributed by atoms with E-state index in [1.54, 1.807) is 7.11 Å². The summed E-state index contributed by atoms with van der Waals surface area (Å²) >= 11 is 1.38. The Morgan fingerprint density at radius 3 is 2.84 bits per heavy atom. The lowest BCUT2D eigenvalue weighted by molar-refractivity contribution is 0.420. The molecule has 19 heavy (non-hydrogen) atoms. The van der Waals surface area contributed by atoms with Gasteiger partial charge in [0.1, 0.15) is 5.75 Å². The maximum Gasteiger partial charge on any atom is 0.183 e. The standard InChI is InChI=1S/C14H13N3OS/c1-18-13-8-11(17-14(19-2)16-9-15)7-10-5-3-4-6-12(10)13/h3-8H,1-2H3,(H,16,17). The first-order valence-corrected chi connectivity index (χ1v) is 6.85. The molecular formula is C14H13N3OS. The third-order valence-electron chi connectivity index (χ3n) is 2.62. The number of amidine groups is 1. The van der Waals surface area contributed by atoms with E-state index in [1.165, 1.54) is 11.8 Å². The van der Waals surface area contributed by atoms with Crippen molar-refractivity contribution in [2.75, 3.05) is 13.4 Å². The molecule has 0 aliphatic carbocycles. The van der Waals surface area contributed by atoms with Gasteiger partial charge in [-0.2, -0.15) is 5.26 Å². The zero-order chi connectivity index (χ0) is 13.7. The van der Waals surface area contributed by atoms with Crippen LogP contribution >= 0.6 is 11.8 Å². The van der Waals surface area contributed by atoms with Crippen molar-refractivity contribution in [3.8, 4) is 11.9 Å². The number of nitriles is 1. The van der Waals surface area contributed by atoms with Gasteiger partial charge in [0.25, 0.3) is 0 Å². The van der Waals surface area contributed by atoms with Gasteiger partial charge >= 0.3 is 0 Å². The fourth-order valence-electron chi connectivity index (χ4n) is 1.78. The second kappa shape index (κ2) is 6.12. The highest BCUT2D eigenvalue weighted by atomic mass is 32.2. The predicted octanol–water partition coefficient (Wildman–Crippen LogP) is 3.27. The molecule has 0 bridgehead atoms. The lowest BCUT2D eigenvalue weighted by atomic mass is 10.1. The summed E-state index contributed by atoms with van der Waals surface area (Å²) in [5.74, 6) is 0.772. The first kappa shape index (κ1) is 13.2. The average Bonchev–Trinajstić information content (AvgIpc) is 2.45. The van der Waals surface area contributed by atoms with E-state index >= 15 is 0 Å². The molecule has 0 saturated carbocycles. The van der Waals surface area contributed by atoms with Crippen LogP contribution in [0.2, 0.25) is 0 Å². The molecule has 0 fully saturated rings. The lowest BCUT2D eigenvalue weighted by Crippen LogP contribution is -2.12. The largest absolute Gasteiger partial charge is 0.496 e. The monoisotopic (exact) mass is 271 g/mol. The molecular weight excluding hydrogens is 258 g/mol. The number of benzene rings is 2. The van der Waals surface area contributed by atoms with Crippen molar-refractivity contribution < 1.29 is 4.74 Å². The summed E-state index contributed by atoms with van der Waals surface area (Å²) < 4.78 is 5.38. The summed E-state index contributed by atoms with van der Waals surface area (Å²) in [5.41, 5.74) is 0.752. The molecule has 0 aliphatic heterocycles. The number of hydrogen-bond donors (Lipinski definition) is 1. The van der Waals surface area contributed by atoms with Crippen LogP contribution in [0.15, 0.2) is 41.4 Å². The Morgan fingerprint density at radius 2 is 2.16 bits per heavy atom. The summed E-state index contributed by atoms with van der Waals surface area (Å²) in [4.78, 5) is 4.39. The number of fused-ring (bicyclic) bond motifs is 1. The molecule has 4 nitrogen and oxygen atoms in total. The molecule has 96 valence electrons. The lowest BCUT2D eigenvalue weighted by Gasteiger charge is -2.07. The van der Waals surface area contributed by atoms with Crippen LogP contribution in [0.3, 0.4) is 0 Å². The molecule has 0 amide bonds. The van der Waals surface area contributed by atoms with E-state index in [1.807, 2.05) is 48.8 Å². The van der Waals surface area contributed by atoms with Crippen LogP contribution in [0.4, 0.5) is 5.69 Å².